The molecule has 0 unspecified atom stereocenters. The third-order valence-electron chi connectivity index (χ3n) is 3.60. The molecule has 0 saturated heterocycles. The number of nitrogens with zero attached hydrogens (tertiary/aromatic N) is 3. The fourth-order valence-electron chi connectivity index (χ4n) is 2.24. The molecule has 3 N–H and O–H groups in total. The molecule has 2 aromatic rings. The van der Waals surface area contributed by atoms with Gasteiger partial charge in [-0.05, 0) is 18.6 Å². The summed E-state index contributed by atoms with van der Waals surface area (Å²) in [5.41, 5.74) is 6.01. The van der Waals surface area contributed by atoms with Crippen LogP contribution in [0.1, 0.15) is 30.8 Å². The van der Waals surface area contributed by atoms with Gasteiger partial charge in [0.25, 0.3) is 0 Å². The largest absolute Gasteiger partial charge is 0.370 e. The molecule has 0 bridgehead atoms. The normalized spacial score (nSPS) is 12.0. The number of carbonyl (C=O) groups is 2. The number of nitrogens with two attached hydrogens (primary N) is 1. The minimum absolute atomic E-state index is 0.126. The van der Waals surface area contributed by atoms with Crippen molar-refractivity contribution in [1.29, 1.82) is 0 Å². The van der Waals surface area contributed by atoms with Crippen molar-refractivity contribution in [1.82, 2.24) is 20.1 Å². The lowest BCUT2D eigenvalue weighted by molar-refractivity contribution is -0.119. The second kappa shape index (κ2) is 8.87. The number of aromatic nitrogens is 3. The van der Waals surface area contributed by atoms with E-state index in [4.69, 9.17) is 17.3 Å². The zero-order chi connectivity index (χ0) is 18.4. The number of thioether (sulfide) groups is 1. The molecule has 0 radical (unpaired) electrons. The Balaban J connectivity index is 1.88. The number of hydrogen-bond acceptors (Lipinski definition) is 5. The molecule has 2 rings (SSSR count). The SMILES string of the molecule is C[C@H](NC(=O)CSc1nnc(CCC(N)=O)n1C)c1ccccc1Cl. The lowest BCUT2D eigenvalue weighted by Crippen LogP contribution is -2.28. The number of carbonyl (C=O) groups excluding carboxylic acids is 2. The van der Waals surface area contributed by atoms with Crippen LogP contribution in [0.2, 0.25) is 5.02 Å². The molecule has 1 aromatic heterocycles. The van der Waals surface area contributed by atoms with Crippen LogP contribution in [0.25, 0.3) is 0 Å². The van der Waals surface area contributed by atoms with Crippen LogP contribution >= 0.6 is 23.4 Å². The van der Waals surface area contributed by atoms with Crippen LogP contribution in [0.3, 0.4) is 0 Å². The molecule has 1 aromatic carbocycles. The first-order valence-electron chi connectivity index (χ1n) is 7.71. The van der Waals surface area contributed by atoms with E-state index in [-0.39, 0.29) is 30.0 Å². The van der Waals surface area contributed by atoms with Crippen LogP contribution in [0.4, 0.5) is 0 Å². The van der Waals surface area contributed by atoms with Crippen molar-refractivity contribution < 1.29 is 9.59 Å². The van der Waals surface area contributed by atoms with Crippen LogP contribution in [-0.2, 0) is 23.1 Å². The Hall–Kier alpha value is -2.06. The number of hydrogen-bond donors (Lipinski definition) is 2. The average molecular weight is 382 g/mol. The summed E-state index contributed by atoms with van der Waals surface area (Å²) in [6.45, 7) is 1.88. The summed E-state index contributed by atoms with van der Waals surface area (Å²) in [4.78, 5) is 23.0. The summed E-state index contributed by atoms with van der Waals surface area (Å²) in [6, 6.07) is 7.22. The van der Waals surface area contributed by atoms with E-state index in [1.54, 1.807) is 17.7 Å². The van der Waals surface area contributed by atoms with Gasteiger partial charge in [0.2, 0.25) is 11.8 Å². The predicted molar refractivity (Wildman–Crippen MR) is 97.3 cm³/mol. The summed E-state index contributed by atoms with van der Waals surface area (Å²) in [5.74, 6) is 0.353. The number of nitrogens with one attached hydrogen (secondary N) is 1. The van der Waals surface area contributed by atoms with Gasteiger partial charge in [0, 0.05) is 24.9 Å². The summed E-state index contributed by atoms with van der Waals surface area (Å²) >= 11 is 7.42. The third-order valence-corrected chi connectivity index (χ3v) is 4.97. The first kappa shape index (κ1) is 19.3. The molecule has 25 heavy (non-hydrogen) atoms. The molecular weight excluding hydrogens is 362 g/mol. The molecule has 0 fully saturated rings. The molecule has 7 nitrogen and oxygen atoms in total. The molecule has 9 heteroatoms. The molecule has 0 spiro atoms. The second-order valence-electron chi connectivity index (χ2n) is 5.52. The first-order chi connectivity index (χ1) is 11.9. The third kappa shape index (κ3) is 5.47. The topological polar surface area (TPSA) is 103 Å². The fourth-order valence-corrected chi connectivity index (χ4v) is 3.28. The van der Waals surface area contributed by atoms with Gasteiger partial charge in [-0.1, -0.05) is 41.6 Å². The van der Waals surface area contributed by atoms with Crippen molar-refractivity contribution in [2.45, 2.75) is 31.0 Å². The molecule has 2 amide bonds. The maximum atomic E-state index is 12.2. The standard InChI is InChI=1S/C16H20ClN5O2S/c1-10(11-5-3-4-6-12(11)17)19-15(24)9-25-16-21-20-14(22(16)2)8-7-13(18)23/h3-6,10H,7-9H2,1-2H3,(H2,18,23)(H,19,24)/t10-/m0/s1. The molecule has 134 valence electrons. The van der Waals surface area contributed by atoms with Crippen LogP contribution < -0.4 is 11.1 Å². The van der Waals surface area contributed by atoms with Crippen LogP contribution in [0.15, 0.2) is 29.4 Å². The van der Waals surface area contributed by atoms with Crippen molar-refractivity contribution >= 4 is 35.2 Å². The summed E-state index contributed by atoms with van der Waals surface area (Å²) in [7, 11) is 1.79. The summed E-state index contributed by atoms with van der Waals surface area (Å²) in [5, 5.41) is 12.2. The monoisotopic (exact) mass is 381 g/mol. The smallest absolute Gasteiger partial charge is 0.230 e. The van der Waals surface area contributed by atoms with Crippen molar-refractivity contribution in [3.8, 4) is 0 Å². The van der Waals surface area contributed by atoms with Gasteiger partial charge in [0.1, 0.15) is 5.82 Å². The maximum Gasteiger partial charge on any atom is 0.230 e. The quantitative estimate of drug-likeness (QED) is 0.679. The highest BCUT2D eigenvalue weighted by Crippen LogP contribution is 2.22. The van der Waals surface area contributed by atoms with Crippen molar-refractivity contribution in [3.63, 3.8) is 0 Å². The summed E-state index contributed by atoms with van der Waals surface area (Å²) < 4.78 is 1.76. The van der Waals surface area contributed by atoms with Gasteiger partial charge in [-0.25, -0.2) is 0 Å². The highest BCUT2D eigenvalue weighted by atomic mass is 35.5. The molecule has 0 aliphatic rings. The maximum absolute atomic E-state index is 12.2. The van der Waals surface area contributed by atoms with Gasteiger partial charge in [-0.3, -0.25) is 9.59 Å². The highest BCUT2D eigenvalue weighted by Gasteiger charge is 2.15. The number of benzene rings is 1. The van der Waals surface area contributed by atoms with Gasteiger partial charge < -0.3 is 15.6 Å². The van der Waals surface area contributed by atoms with Gasteiger partial charge in [0.15, 0.2) is 5.16 Å². The molecule has 0 aliphatic heterocycles. The Morgan fingerprint density at radius 2 is 2.08 bits per heavy atom. The first-order valence-corrected chi connectivity index (χ1v) is 9.08. The van der Waals surface area contributed by atoms with Crippen LogP contribution in [0.5, 0.6) is 0 Å². The van der Waals surface area contributed by atoms with E-state index < -0.39 is 0 Å². The van der Waals surface area contributed by atoms with Gasteiger partial charge in [-0.15, -0.1) is 10.2 Å². The Kier molecular flexibility index (Phi) is 6.83. The predicted octanol–water partition coefficient (Wildman–Crippen LogP) is 1.86. The zero-order valence-electron chi connectivity index (χ0n) is 14.0. The average Bonchev–Trinajstić information content (AvgIpc) is 2.91. The Morgan fingerprint density at radius 3 is 2.76 bits per heavy atom. The van der Waals surface area contributed by atoms with E-state index in [1.165, 1.54) is 11.8 Å². The minimum Gasteiger partial charge on any atom is -0.370 e. The van der Waals surface area contributed by atoms with E-state index in [9.17, 15) is 9.59 Å². The van der Waals surface area contributed by atoms with Gasteiger partial charge >= 0.3 is 0 Å². The van der Waals surface area contributed by atoms with Gasteiger partial charge in [0.05, 0.1) is 11.8 Å². The Labute approximate surface area is 155 Å². The molecule has 1 atom stereocenters. The second-order valence-corrected chi connectivity index (χ2v) is 6.87. The van der Waals surface area contributed by atoms with Crippen molar-refractivity contribution in [3.05, 3.63) is 40.7 Å². The van der Waals surface area contributed by atoms with E-state index >= 15 is 0 Å². The van der Waals surface area contributed by atoms with Crippen LogP contribution in [0, 0.1) is 0 Å². The number of amides is 2. The van der Waals surface area contributed by atoms with Crippen LogP contribution in [-0.4, -0.2) is 32.3 Å². The fraction of sp³-hybridized carbons (Fsp3) is 0.375. The lowest BCUT2D eigenvalue weighted by atomic mass is 10.1. The Morgan fingerprint density at radius 1 is 1.36 bits per heavy atom. The number of aryl methyl sites for hydroxylation is 1. The van der Waals surface area contributed by atoms with E-state index in [0.29, 0.717) is 22.4 Å². The molecule has 0 aliphatic carbocycles. The van der Waals surface area contributed by atoms with E-state index in [1.807, 2.05) is 25.1 Å². The van der Waals surface area contributed by atoms with Gasteiger partial charge in [-0.2, -0.15) is 0 Å². The lowest BCUT2D eigenvalue weighted by Gasteiger charge is -2.15. The van der Waals surface area contributed by atoms with E-state index in [0.717, 1.165) is 5.56 Å². The van der Waals surface area contributed by atoms with Crippen molar-refractivity contribution in [2.24, 2.45) is 12.8 Å². The summed E-state index contributed by atoms with van der Waals surface area (Å²) in [6.07, 6.45) is 0.640. The molecule has 0 saturated carbocycles. The molecular formula is C16H20ClN5O2S. The number of rotatable bonds is 8. The minimum atomic E-state index is -0.384. The highest BCUT2D eigenvalue weighted by molar-refractivity contribution is 7.99. The van der Waals surface area contributed by atoms with E-state index in [2.05, 4.69) is 15.5 Å². The number of primary amides is 1. The zero-order valence-corrected chi connectivity index (χ0v) is 15.6. The van der Waals surface area contributed by atoms with Crippen molar-refractivity contribution in [2.75, 3.05) is 5.75 Å². The number of halogens is 1. The molecule has 1 heterocycles. The Bertz CT molecular complexity index is 765.